The number of amides is 1. The van der Waals surface area contributed by atoms with Gasteiger partial charge in [0.1, 0.15) is 5.82 Å². The van der Waals surface area contributed by atoms with Crippen LogP contribution in [0.3, 0.4) is 0 Å². The minimum absolute atomic E-state index is 0.216. The van der Waals surface area contributed by atoms with Crippen LogP contribution in [0.15, 0.2) is 48.5 Å². The number of nitrogens with zero attached hydrogens (tertiary/aromatic N) is 1. The Hall–Kier alpha value is -2.86. The average Bonchev–Trinajstić information content (AvgIpc) is 3.06. The lowest BCUT2D eigenvalue weighted by Gasteiger charge is -2.20. The van der Waals surface area contributed by atoms with Gasteiger partial charge in [-0.2, -0.15) is 0 Å². The molecule has 0 unspecified atom stereocenters. The first-order valence-corrected chi connectivity index (χ1v) is 11.4. The highest BCUT2D eigenvalue weighted by molar-refractivity contribution is 5.91. The van der Waals surface area contributed by atoms with Gasteiger partial charge in [0.15, 0.2) is 11.5 Å². The van der Waals surface area contributed by atoms with Crippen molar-refractivity contribution in [1.29, 1.82) is 0 Å². The van der Waals surface area contributed by atoms with Crippen LogP contribution < -0.4 is 14.8 Å². The number of nitrogens with one attached hydrogen (secondary N) is 1. The van der Waals surface area contributed by atoms with Gasteiger partial charge >= 0.3 is 0 Å². The first-order chi connectivity index (χ1) is 15.6. The third-order valence-electron chi connectivity index (χ3n) is 5.49. The third kappa shape index (κ3) is 8.00. The van der Waals surface area contributed by atoms with E-state index in [1.54, 1.807) is 25.3 Å². The van der Waals surface area contributed by atoms with Crippen molar-refractivity contribution in [2.75, 3.05) is 33.4 Å². The van der Waals surface area contributed by atoms with Crippen molar-refractivity contribution in [3.63, 3.8) is 0 Å². The van der Waals surface area contributed by atoms with E-state index in [0.29, 0.717) is 30.9 Å². The molecule has 1 amide bonds. The van der Waals surface area contributed by atoms with Crippen molar-refractivity contribution in [2.45, 2.75) is 38.6 Å². The van der Waals surface area contributed by atoms with Gasteiger partial charge in [0.25, 0.3) is 0 Å². The molecule has 0 aromatic heterocycles. The Balaban J connectivity index is 1.42. The quantitative estimate of drug-likeness (QED) is 0.426. The van der Waals surface area contributed by atoms with Gasteiger partial charge in [-0.25, -0.2) is 4.39 Å². The smallest absolute Gasteiger partial charge is 0.244 e. The third-order valence-corrected chi connectivity index (χ3v) is 5.49. The number of methoxy groups -OCH3 is 1. The number of likely N-dealkylation sites (tertiary alicyclic amines) is 1. The van der Waals surface area contributed by atoms with Gasteiger partial charge < -0.3 is 14.8 Å². The fourth-order valence-corrected chi connectivity index (χ4v) is 3.79. The molecule has 32 heavy (non-hydrogen) atoms. The number of carbonyl (C=O) groups is 1. The van der Waals surface area contributed by atoms with Crippen LogP contribution in [0.25, 0.3) is 6.08 Å². The van der Waals surface area contributed by atoms with E-state index in [1.165, 1.54) is 49.5 Å². The summed E-state index contributed by atoms with van der Waals surface area (Å²) in [7, 11) is 1.64. The highest BCUT2D eigenvalue weighted by Gasteiger charge is 2.12. The molecular formula is C26H33FN2O3. The lowest BCUT2D eigenvalue weighted by molar-refractivity contribution is -0.116. The van der Waals surface area contributed by atoms with E-state index in [1.807, 2.05) is 6.07 Å². The molecule has 6 heteroatoms. The highest BCUT2D eigenvalue weighted by atomic mass is 19.1. The van der Waals surface area contributed by atoms with Crippen molar-refractivity contribution in [2.24, 2.45) is 0 Å². The van der Waals surface area contributed by atoms with Crippen LogP contribution in [0, 0.1) is 5.82 Å². The largest absolute Gasteiger partial charge is 0.493 e. The molecule has 0 aliphatic carbocycles. The van der Waals surface area contributed by atoms with Crippen molar-refractivity contribution < 1.29 is 18.7 Å². The molecule has 1 N–H and O–H groups in total. The molecule has 172 valence electrons. The minimum atomic E-state index is -0.323. The molecule has 5 nitrogen and oxygen atoms in total. The number of halogens is 1. The van der Waals surface area contributed by atoms with Gasteiger partial charge in [0.2, 0.25) is 5.91 Å². The van der Waals surface area contributed by atoms with Crippen LogP contribution in [0.4, 0.5) is 4.39 Å². The molecule has 0 bridgehead atoms. The molecular weight excluding hydrogens is 407 g/mol. The van der Waals surface area contributed by atoms with E-state index < -0.39 is 0 Å². The van der Waals surface area contributed by atoms with Crippen LogP contribution >= 0.6 is 0 Å². The second-order valence-electron chi connectivity index (χ2n) is 8.06. The Morgan fingerprint density at radius 1 is 1.09 bits per heavy atom. The fourth-order valence-electron chi connectivity index (χ4n) is 3.79. The summed E-state index contributed by atoms with van der Waals surface area (Å²) in [5.74, 6) is 0.908. The fraction of sp³-hybridized carbons (Fsp3) is 0.423. The van der Waals surface area contributed by atoms with Crippen molar-refractivity contribution in [1.82, 2.24) is 10.2 Å². The monoisotopic (exact) mass is 440 g/mol. The molecule has 1 fully saturated rings. The predicted octanol–water partition coefficient (Wildman–Crippen LogP) is 4.81. The van der Waals surface area contributed by atoms with Gasteiger partial charge in [-0.15, -0.1) is 0 Å². The van der Waals surface area contributed by atoms with E-state index in [0.717, 1.165) is 25.4 Å². The van der Waals surface area contributed by atoms with Crippen LogP contribution in [-0.4, -0.2) is 44.2 Å². The predicted molar refractivity (Wildman–Crippen MR) is 125 cm³/mol. The summed E-state index contributed by atoms with van der Waals surface area (Å²) in [6.45, 7) is 4.18. The number of ether oxygens (including phenoxy) is 2. The molecule has 1 heterocycles. The summed E-state index contributed by atoms with van der Waals surface area (Å²) in [6, 6.07) is 12.2. The Bertz CT molecular complexity index is 892. The first kappa shape index (κ1) is 23.8. The zero-order chi connectivity index (χ0) is 22.6. The maximum absolute atomic E-state index is 13.2. The lowest BCUT2D eigenvalue weighted by atomic mass is 10.2. The number of benzene rings is 2. The summed E-state index contributed by atoms with van der Waals surface area (Å²) in [6.07, 6.45) is 8.85. The van der Waals surface area contributed by atoms with Crippen LogP contribution in [0.5, 0.6) is 11.5 Å². The summed E-state index contributed by atoms with van der Waals surface area (Å²) >= 11 is 0. The van der Waals surface area contributed by atoms with E-state index in [2.05, 4.69) is 22.3 Å². The number of rotatable bonds is 10. The van der Waals surface area contributed by atoms with Crippen molar-refractivity contribution >= 4 is 12.0 Å². The molecule has 0 radical (unpaired) electrons. The van der Waals surface area contributed by atoms with Gasteiger partial charge in [0, 0.05) is 19.2 Å². The van der Waals surface area contributed by atoms with E-state index in [9.17, 15) is 9.18 Å². The second kappa shape index (κ2) is 12.9. The molecule has 2 aromatic rings. The molecule has 0 spiro atoms. The van der Waals surface area contributed by atoms with E-state index in [-0.39, 0.29) is 11.7 Å². The number of hydrogen-bond donors (Lipinski definition) is 1. The first-order valence-electron chi connectivity index (χ1n) is 11.4. The van der Waals surface area contributed by atoms with Crippen LogP contribution in [0.1, 0.15) is 43.2 Å². The van der Waals surface area contributed by atoms with Crippen molar-refractivity contribution in [3.05, 3.63) is 65.5 Å². The van der Waals surface area contributed by atoms with E-state index >= 15 is 0 Å². The minimum Gasteiger partial charge on any atom is -0.493 e. The Morgan fingerprint density at radius 3 is 2.66 bits per heavy atom. The van der Waals surface area contributed by atoms with Crippen LogP contribution in [0.2, 0.25) is 0 Å². The Labute approximate surface area is 190 Å². The maximum atomic E-state index is 13.2. The Kier molecular flexibility index (Phi) is 9.57. The lowest BCUT2D eigenvalue weighted by Crippen LogP contribution is -2.24. The molecule has 0 atom stereocenters. The number of carbonyl (C=O) groups excluding carboxylic acids is 1. The topological polar surface area (TPSA) is 50.8 Å². The van der Waals surface area contributed by atoms with Gasteiger partial charge in [-0.05, 0) is 73.8 Å². The van der Waals surface area contributed by atoms with Gasteiger partial charge in [0.05, 0.1) is 13.7 Å². The molecule has 1 aliphatic rings. The summed E-state index contributed by atoms with van der Waals surface area (Å²) in [5.41, 5.74) is 1.87. The maximum Gasteiger partial charge on any atom is 0.244 e. The summed E-state index contributed by atoms with van der Waals surface area (Å²) in [4.78, 5) is 14.4. The molecule has 2 aromatic carbocycles. The zero-order valence-electron chi connectivity index (χ0n) is 18.8. The van der Waals surface area contributed by atoms with Gasteiger partial charge in [-0.3, -0.25) is 9.69 Å². The highest BCUT2D eigenvalue weighted by Crippen LogP contribution is 2.29. The molecule has 0 saturated carbocycles. The number of hydrogen-bond acceptors (Lipinski definition) is 4. The summed E-state index contributed by atoms with van der Waals surface area (Å²) in [5, 5.41) is 2.82. The normalized spacial score (nSPS) is 14.8. The van der Waals surface area contributed by atoms with Crippen LogP contribution in [-0.2, 0) is 11.3 Å². The molecule has 1 saturated heterocycles. The van der Waals surface area contributed by atoms with Gasteiger partial charge in [-0.1, -0.05) is 31.0 Å². The zero-order valence-corrected chi connectivity index (χ0v) is 18.8. The summed E-state index contributed by atoms with van der Waals surface area (Å²) < 4.78 is 24.6. The standard InChI is InChI=1S/C26H33FN2O3/c1-31-24-12-10-22(20-29-15-4-2-3-5-16-29)19-25(24)32-17-7-14-28-26(30)13-11-21-8-6-9-23(27)18-21/h6,8-13,18-19H,2-5,7,14-17,20H2,1H3,(H,28,30)/b13-11+. The molecule has 1 aliphatic heterocycles. The Morgan fingerprint density at radius 2 is 1.91 bits per heavy atom. The van der Waals surface area contributed by atoms with E-state index in [4.69, 9.17) is 9.47 Å². The average molecular weight is 441 g/mol. The van der Waals surface area contributed by atoms with Crippen molar-refractivity contribution in [3.8, 4) is 11.5 Å². The second-order valence-corrected chi connectivity index (χ2v) is 8.06. The molecule has 3 rings (SSSR count). The SMILES string of the molecule is COc1ccc(CN2CCCCCC2)cc1OCCCNC(=O)/C=C/c1cccc(F)c1.